The molecule has 6 nitrogen and oxygen atoms in total. The zero-order valence-electron chi connectivity index (χ0n) is 12.8. The number of hydrogen-bond donors (Lipinski definition) is 3. The summed E-state index contributed by atoms with van der Waals surface area (Å²) in [5.41, 5.74) is 0.666. The number of aryl methyl sites for hydroxylation is 1. The van der Waals surface area contributed by atoms with Crippen LogP contribution in [0.3, 0.4) is 0 Å². The Labute approximate surface area is 124 Å². The summed E-state index contributed by atoms with van der Waals surface area (Å²) in [6, 6.07) is 4.37. The molecule has 116 valence electrons. The molecule has 0 spiro atoms. The monoisotopic (exact) mass is 294 g/mol. The molecule has 0 fully saturated rings. The maximum absolute atomic E-state index is 11.9. The van der Waals surface area contributed by atoms with Crippen LogP contribution in [0.15, 0.2) is 18.2 Å². The Hall–Kier alpha value is -2.08. The van der Waals surface area contributed by atoms with E-state index in [4.69, 9.17) is 9.84 Å². The summed E-state index contributed by atoms with van der Waals surface area (Å²) < 4.78 is 5.47. The van der Waals surface area contributed by atoms with Crippen LogP contribution in [0.4, 0.5) is 10.5 Å². The van der Waals surface area contributed by atoms with Gasteiger partial charge in [-0.15, -0.1) is 0 Å². The van der Waals surface area contributed by atoms with Crippen molar-refractivity contribution in [3.8, 4) is 0 Å². The van der Waals surface area contributed by atoms with Gasteiger partial charge in [0, 0.05) is 13.2 Å². The molecule has 3 N–H and O–H groups in total. The summed E-state index contributed by atoms with van der Waals surface area (Å²) in [5, 5.41) is 14.4. The second-order valence-electron chi connectivity index (χ2n) is 5.35. The average Bonchev–Trinajstić information content (AvgIpc) is 2.38. The third kappa shape index (κ3) is 5.43. The maximum Gasteiger partial charge on any atom is 0.337 e. The van der Waals surface area contributed by atoms with E-state index in [1.807, 2.05) is 20.8 Å². The first-order valence-electron chi connectivity index (χ1n) is 6.78. The largest absolute Gasteiger partial charge is 0.478 e. The standard InChI is InChI=1S/C15H22N2O4/c1-5-21-15(3,4)9-16-14(20)17-12-7-6-10(2)8-11(12)13(18)19/h6-8H,5,9H2,1-4H3,(H,18,19)(H2,16,17,20). The molecular formula is C15H22N2O4. The van der Waals surface area contributed by atoms with E-state index in [1.54, 1.807) is 19.1 Å². The minimum Gasteiger partial charge on any atom is -0.478 e. The molecule has 1 rings (SSSR count). The number of nitrogens with one attached hydrogen (secondary N) is 2. The van der Waals surface area contributed by atoms with E-state index in [9.17, 15) is 9.59 Å². The SMILES string of the molecule is CCOC(C)(C)CNC(=O)Nc1ccc(C)cc1C(=O)O. The van der Waals surface area contributed by atoms with E-state index in [0.29, 0.717) is 13.2 Å². The first kappa shape index (κ1) is 17.0. The lowest BCUT2D eigenvalue weighted by atomic mass is 10.1. The maximum atomic E-state index is 11.9. The second-order valence-corrected chi connectivity index (χ2v) is 5.35. The lowest BCUT2D eigenvalue weighted by Gasteiger charge is -2.25. The highest BCUT2D eigenvalue weighted by Gasteiger charge is 2.19. The zero-order chi connectivity index (χ0) is 16.0. The minimum atomic E-state index is -1.08. The molecule has 0 saturated carbocycles. The molecule has 0 unspecified atom stereocenters. The predicted molar refractivity (Wildman–Crippen MR) is 80.9 cm³/mol. The van der Waals surface area contributed by atoms with Crippen molar-refractivity contribution in [3.63, 3.8) is 0 Å². The van der Waals surface area contributed by atoms with Crippen LogP contribution < -0.4 is 10.6 Å². The van der Waals surface area contributed by atoms with Crippen molar-refractivity contribution < 1.29 is 19.4 Å². The van der Waals surface area contributed by atoms with Crippen LogP contribution >= 0.6 is 0 Å². The van der Waals surface area contributed by atoms with Crippen molar-refractivity contribution in [2.24, 2.45) is 0 Å². The lowest BCUT2D eigenvalue weighted by Crippen LogP contribution is -2.42. The van der Waals surface area contributed by atoms with Crippen LogP contribution in [0, 0.1) is 6.92 Å². The van der Waals surface area contributed by atoms with Gasteiger partial charge in [-0.2, -0.15) is 0 Å². The third-order valence-corrected chi connectivity index (χ3v) is 2.86. The summed E-state index contributed by atoms with van der Waals surface area (Å²) in [5.74, 6) is -1.08. The number of carboxylic acids is 1. The number of carboxylic acid groups (broad SMARTS) is 1. The number of carbonyl (C=O) groups excluding carboxylic acids is 1. The zero-order valence-corrected chi connectivity index (χ0v) is 12.8. The van der Waals surface area contributed by atoms with Crippen LogP contribution in [0.25, 0.3) is 0 Å². The van der Waals surface area contributed by atoms with Crippen molar-refractivity contribution in [3.05, 3.63) is 29.3 Å². The molecule has 0 aliphatic heterocycles. The number of amides is 2. The molecule has 2 amide bonds. The predicted octanol–water partition coefficient (Wildman–Crippen LogP) is 2.63. The van der Waals surface area contributed by atoms with Crippen molar-refractivity contribution in [2.75, 3.05) is 18.5 Å². The topological polar surface area (TPSA) is 87.7 Å². The van der Waals surface area contributed by atoms with Crippen LogP contribution in [0.5, 0.6) is 0 Å². The normalized spacial score (nSPS) is 11.0. The van der Waals surface area contributed by atoms with Crippen molar-refractivity contribution in [1.82, 2.24) is 5.32 Å². The van der Waals surface area contributed by atoms with E-state index in [1.165, 1.54) is 6.07 Å². The Morgan fingerprint density at radius 3 is 2.57 bits per heavy atom. The summed E-state index contributed by atoms with van der Waals surface area (Å²) in [4.78, 5) is 23.0. The van der Waals surface area contributed by atoms with E-state index in [-0.39, 0.29) is 11.3 Å². The number of ether oxygens (including phenoxy) is 1. The lowest BCUT2D eigenvalue weighted by molar-refractivity contribution is -0.00663. The smallest absolute Gasteiger partial charge is 0.337 e. The fraction of sp³-hybridized carbons (Fsp3) is 0.467. The molecule has 1 aromatic rings. The van der Waals surface area contributed by atoms with Crippen molar-refractivity contribution in [1.29, 1.82) is 0 Å². The Bertz CT molecular complexity index is 526. The number of anilines is 1. The minimum absolute atomic E-state index is 0.0641. The number of aromatic carboxylic acids is 1. The molecule has 0 aliphatic carbocycles. The van der Waals surface area contributed by atoms with Crippen molar-refractivity contribution >= 4 is 17.7 Å². The van der Waals surface area contributed by atoms with Gasteiger partial charge in [-0.25, -0.2) is 9.59 Å². The highest BCUT2D eigenvalue weighted by molar-refractivity contribution is 6.00. The summed E-state index contributed by atoms with van der Waals surface area (Å²) in [7, 11) is 0. The van der Waals surface area contributed by atoms with E-state index in [2.05, 4.69) is 10.6 Å². The molecule has 6 heteroatoms. The summed E-state index contributed by atoms with van der Waals surface area (Å²) >= 11 is 0. The molecule has 0 atom stereocenters. The molecule has 0 aromatic heterocycles. The van der Waals surface area contributed by atoms with Gasteiger partial charge < -0.3 is 20.5 Å². The third-order valence-electron chi connectivity index (χ3n) is 2.86. The van der Waals surface area contributed by atoms with E-state index >= 15 is 0 Å². The van der Waals surface area contributed by atoms with Gasteiger partial charge in [-0.05, 0) is 39.8 Å². The van der Waals surface area contributed by atoms with Gasteiger partial charge >= 0.3 is 12.0 Å². The molecule has 0 saturated heterocycles. The Morgan fingerprint density at radius 2 is 2.00 bits per heavy atom. The second kappa shape index (κ2) is 7.08. The van der Waals surface area contributed by atoms with Crippen LogP contribution in [0.2, 0.25) is 0 Å². The van der Waals surface area contributed by atoms with E-state index < -0.39 is 17.6 Å². The van der Waals surface area contributed by atoms with Gasteiger partial charge in [0.2, 0.25) is 0 Å². The molecule has 0 aliphatic rings. The van der Waals surface area contributed by atoms with Gasteiger partial charge in [0.25, 0.3) is 0 Å². The molecule has 21 heavy (non-hydrogen) atoms. The van der Waals surface area contributed by atoms with E-state index in [0.717, 1.165) is 5.56 Å². The quantitative estimate of drug-likeness (QED) is 0.752. The Kier molecular flexibility index (Phi) is 5.72. The summed E-state index contributed by atoms with van der Waals surface area (Å²) in [6.07, 6.45) is 0. The molecule has 0 radical (unpaired) electrons. The Balaban J connectivity index is 2.69. The van der Waals surface area contributed by atoms with Crippen LogP contribution in [-0.2, 0) is 4.74 Å². The molecule has 1 aromatic carbocycles. The van der Waals surface area contributed by atoms with Gasteiger partial charge in [0.1, 0.15) is 0 Å². The number of benzene rings is 1. The van der Waals surface area contributed by atoms with Crippen molar-refractivity contribution in [2.45, 2.75) is 33.3 Å². The van der Waals surface area contributed by atoms with Crippen LogP contribution in [-0.4, -0.2) is 35.9 Å². The van der Waals surface area contributed by atoms with Gasteiger partial charge in [0.15, 0.2) is 0 Å². The van der Waals surface area contributed by atoms with Gasteiger partial charge in [-0.1, -0.05) is 11.6 Å². The first-order chi connectivity index (χ1) is 9.75. The highest BCUT2D eigenvalue weighted by atomic mass is 16.5. The first-order valence-corrected chi connectivity index (χ1v) is 6.78. The molecular weight excluding hydrogens is 272 g/mol. The summed E-state index contributed by atoms with van der Waals surface area (Å²) in [6.45, 7) is 8.28. The fourth-order valence-electron chi connectivity index (χ4n) is 1.85. The number of carbonyl (C=O) groups is 2. The van der Waals surface area contributed by atoms with Gasteiger partial charge in [-0.3, -0.25) is 0 Å². The average molecular weight is 294 g/mol. The number of urea groups is 1. The Morgan fingerprint density at radius 1 is 1.33 bits per heavy atom. The number of rotatable bonds is 6. The fourth-order valence-corrected chi connectivity index (χ4v) is 1.85. The molecule has 0 bridgehead atoms. The van der Waals surface area contributed by atoms with Gasteiger partial charge in [0.05, 0.1) is 16.9 Å². The van der Waals surface area contributed by atoms with Crippen LogP contribution in [0.1, 0.15) is 36.7 Å². The number of hydrogen-bond acceptors (Lipinski definition) is 3. The highest BCUT2D eigenvalue weighted by Crippen LogP contribution is 2.17. The molecule has 0 heterocycles.